The molecule has 0 aliphatic heterocycles. The Labute approximate surface area is 83.4 Å². The Morgan fingerprint density at radius 1 is 1.40 bits per heavy atom. The molecule has 0 amide bonds. The summed E-state index contributed by atoms with van der Waals surface area (Å²) in [6.45, 7) is 0. The first-order chi connectivity index (χ1) is 7.10. The van der Waals surface area contributed by atoms with E-state index < -0.39 is 23.5 Å². The van der Waals surface area contributed by atoms with Crippen molar-refractivity contribution in [3.8, 4) is 12.1 Å². The molecule has 0 saturated heterocycles. The second kappa shape index (κ2) is 4.43. The zero-order chi connectivity index (χ0) is 11.4. The summed E-state index contributed by atoms with van der Waals surface area (Å²) in [5, 5.41) is 17.0. The second-order valence-electron chi connectivity index (χ2n) is 2.60. The molecule has 0 aliphatic carbocycles. The van der Waals surface area contributed by atoms with Crippen molar-refractivity contribution in [1.29, 1.82) is 10.5 Å². The third-order valence-corrected chi connectivity index (χ3v) is 1.69. The minimum atomic E-state index is -2.96. The third-order valence-electron chi connectivity index (χ3n) is 1.69. The molecule has 15 heavy (non-hydrogen) atoms. The van der Waals surface area contributed by atoms with E-state index in [9.17, 15) is 13.2 Å². The lowest BCUT2D eigenvalue weighted by atomic mass is 10.1. The Balaban J connectivity index is 3.41. The van der Waals surface area contributed by atoms with Gasteiger partial charge in [-0.2, -0.15) is 14.9 Å². The SMILES string of the molecule is N#CCc1nc(F)cc(C(F)F)c1C#N. The van der Waals surface area contributed by atoms with Crippen molar-refractivity contribution in [3.63, 3.8) is 0 Å². The molecular formula is C9H4F3N3. The molecular weight excluding hydrogens is 207 g/mol. The molecule has 0 radical (unpaired) electrons. The van der Waals surface area contributed by atoms with Crippen LogP contribution in [0.2, 0.25) is 0 Å². The number of hydrogen-bond acceptors (Lipinski definition) is 3. The predicted molar refractivity (Wildman–Crippen MR) is 43.2 cm³/mol. The van der Waals surface area contributed by atoms with Crippen molar-refractivity contribution < 1.29 is 13.2 Å². The second-order valence-corrected chi connectivity index (χ2v) is 2.60. The van der Waals surface area contributed by atoms with Gasteiger partial charge in [-0.15, -0.1) is 0 Å². The van der Waals surface area contributed by atoms with Crippen LogP contribution >= 0.6 is 0 Å². The predicted octanol–water partition coefficient (Wildman–Crippen LogP) is 2.10. The summed E-state index contributed by atoms with van der Waals surface area (Å²) < 4.78 is 37.5. The van der Waals surface area contributed by atoms with Crippen molar-refractivity contribution in [1.82, 2.24) is 4.98 Å². The van der Waals surface area contributed by atoms with E-state index >= 15 is 0 Å². The highest BCUT2D eigenvalue weighted by Crippen LogP contribution is 2.24. The highest BCUT2D eigenvalue weighted by molar-refractivity contribution is 5.42. The average molecular weight is 211 g/mol. The van der Waals surface area contributed by atoms with Gasteiger partial charge in [0.15, 0.2) is 0 Å². The van der Waals surface area contributed by atoms with E-state index in [4.69, 9.17) is 10.5 Å². The van der Waals surface area contributed by atoms with Gasteiger partial charge in [-0.25, -0.2) is 13.8 Å². The highest BCUT2D eigenvalue weighted by Gasteiger charge is 2.19. The van der Waals surface area contributed by atoms with E-state index in [2.05, 4.69) is 4.98 Å². The standard InChI is InChI=1S/C9H4F3N3/c10-8-3-5(9(11)12)6(4-14)7(15-8)1-2-13/h3,9H,1H2. The minimum Gasteiger partial charge on any atom is -0.222 e. The van der Waals surface area contributed by atoms with Crippen LogP contribution in [-0.4, -0.2) is 4.98 Å². The van der Waals surface area contributed by atoms with Crippen LogP contribution in [0.5, 0.6) is 0 Å². The van der Waals surface area contributed by atoms with Gasteiger partial charge in [0.05, 0.1) is 23.7 Å². The minimum absolute atomic E-state index is 0.254. The number of rotatable bonds is 2. The number of aromatic nitrogens is 1. The Bertz CT molecular complexity index is 457. The number of alkyl halides is 2. The molecule has 0 aromatic carbocycles. The van der Waals surface area contributed by atoms with Gasteiger partial charge >= 0.3 is 0 Å². The van der Waals surface area contributed by atoms with Gasteiger partial charge in [0.25, 0.3) is 6.43 Å². The lowest BCUT2D eigenvalue weighted by Crippen LogP contribution is -2.02. The topological polar surface area (TPSA) is 60.5 Å². The normalized spacial score (nSPS) is 9.73. The smallest absolute Gasteiger partial charge is 0.222 e. The lowest BCUT2D eigenvalue weighted by Gasteiger charge is -2.05. The Hall–Kier alpha value is -2.08. The van der Waals surface area contributed by atoms with Crippen molar-refractivity contribution >= 4 is 0 Å². The van der Waals surface area contributed by atoms with Gasteiger partial charge in [-0.05, 0) is 0 Å². The number of nitriles is 2. The molecule has 0 atom stereocenters. The third kappa shape index (κ3) is 2.23. The molecule has 76 valence electrons. The quantitative estimate of drug-likeness (QED) is 0.703. The molecule has 6 heteroatoms. The van der Waals surface area contributed by atoms with Crippen LogP contribution < -0.4 is 0 Å². The highest BCUT2D eigenvalue weighted by atomic mass is 19.3. The molecule has 0 spiro atoms. The fraction of sp³-hybridized carbons (Fsp3) is 0.222. The summed E-state index contributed by atoms with van der Waals surface area (Å²) in [6.07, 6.45) is -3.34. The number of nitrogens with zero attached hydrogens (tertiary/aromatic N) is 3. The largest absolute Gasteiger partial charge is 0.265 e. The lowest BCUT2D eigenvalue weighted by molar-refractivity contribution is 0.150. The zero-order valence-corrected chi connectivity index (χ0v) is 7.34. The van der Waals surface area contributed by atoms with Gasteiger partial charge in [-0.3, -0.25) is 0 Å². The summed E-state index contributed by atoms with van der Waals surface area (Å²) in [4.78, 5) is 3.23. The summed E-state index contributed by atoms with van der Waals surface area (Å²) in [5.74, 6) is -1.12. The Morgan fingerprint density at radius 2 is 2.07 bits per heavy atom. The van der Waals surface area contributed by atoms with E-state index in [1.165, 1.54) is 6.07 Å². The molecule has 0 aliphatic rings. The van der Waals surface area contributed by atoms with Crippen LogP contribution in [0, 0.1) is 28.6 Å². The van der Waals surface area contributed by atoms with Gasteiger partial charge in [0.1, 0.15) is 6.07 Å². The number of halogens is 3. The van der Waals surface area contributed by atoms with Gasteiger partial charge in [-0.1, -0.05) is 0 Å². The van der Waals surface area contributed by atoms with Gasteiger partial charge in [0, 0.05) is 11.6 Å². The summed E-state index contributed by atoms with van der Waals surface area (Å²) in [6, 6.07) is 3.63. The van der Waals surface area contributed by atoms with E-state index in [1.54, 1.807) is 6.07 Å². The van der Waals surface area contributed by atoms with Crippen LogP contribution in [0.3, 0.4) is 0 Å². The van der Waals surface area contributed by atoms with Crippen molar-refractivity contribution in [2.75, 3.05) is 0 Å². The molecule has 1 aromatic rings. The zero-order valence-electron chi connectivity index (χ0n) is 7.34. The van der Waals surface area contributed by atoms with Gasteiger partial charge in [0.2, 0.25) is 5.95 Å². The molecule has 3 nitrogen and oxygen atoms in total. The molecule has 0 N–H and O–H groups in total. The molecule has 1 aromatic heterocycles. The average Bonchev–Trinajstić information content (AvgIpc) is 2.17. The molecule has 0 unspecified atom stereocenters. The summed E-state index contributed by atoms with van der Waals surface area (Å²) >= 11 is 0. The number of hydrogen-bond donors (Lipinski definition) is 0. The van der Waals surface area contributed by atoms with Crippen molar-refractivity contribution in [3.05, 3.63) is 28.8 Å². The first kappa shape index (κ1) is 11.0. The maximum Gasteiger partial charge on any atom is 0.265 e. The summed E-state index contributed by atoms with van der Waals surface area (Å²) in [7, 11) is 0. The Morgan fingerprint density at radius 3 is 2.53 bits per heavy atom. The van der Waals surface area contributed by atoms with E-state index in [0.29, 0.717) is 6.07 Å². The maximum absolute atomic E-state index is 12.8. The number of pyridine rings is 1. The maximum atomic E-state index is 12.8. The van der Waals surface area contributed by atoms with Crippen LogP contribution in [0.15, 0.2) is 6.07 Å². The van der Waals surface area contributed by atoms with Crippen LogP contribution in [-0.2, 0) is 6.42 Å². The van der Waals surface area contributed by atoms with Crippen molar-refractivity contribution in [2.45, 2.75) is 12.8 Å². The molecule has 0 bridgehead atoms. The van der Waals surface area contributed by atoms with Crippen molar-refractivity contribution in [2.24, 2.45) is 0 Å². The molecule has 0 saturated carbocycles. The van der Waals surface area contributed by atoms with E-state index in [0.717, 1.165) is 0 Å². The van der Waals surface area contributed by atoms with E-state index in [1.807, 2.05) is 0 Å². The van der Waals surface area contributed by atoms with Gasteiger partial charge < -0.3 is 0 Å². The monoisotopic (exact) mass is 211 g/mol. The first-order valence-corrected chi connectivity index (χ1v) is 3.84. The Kier molecular flexibility index (Phi) is 3.25. The molecule has 1 heterocycles. The van der Waals surface area contributed by atoms with Crippen LogP contribution in [0.1, 0.15) is 23.2 Å². The molecule has 0 fully saturated rings. The fourth-order valence-corrected chi connectivity index (χ4v) is 1.09. The van der Waals surface area contributed by atoms with Crippen LogP contribution in [0.25, 0.3) is 0 Å². The molecule has 1 rings (SSSR count). The summed E-state index contributed by atoms with van der Waals surface area (Å²) in [5.41, 5.74) is -1.40. The van der Waals surface area contributed by atoms with Crippen LogP contribution in [0.4, 0.5) is 13.2 Å². The fourth-order valence-electron chi connectivity index (χ4n) is 1.09. The first-order valence-electron chi connectivity index (χ1n) is 3.84. The van der Waals surface area contributed by atoms with E-state index in [-0.39, 0.29) is 12.1 Å².